The molecule has 1 aromatic carbocycles. The summed E-state index contributed by atoms with van der Waals surface area (Å²) >= 11 is 9.08. The first kappa shape index (κ1) is 12.0. The molecule has 0 fully saturated rings. The Morgan fingerprint density at radius 2 is 2.29 bits per heavy atom. The van der Waals surface area contributed by atoms with E-state index >= 15 is 0 Å². The number of tetrazole rings is 1. The summed E-state index contributed by atoms with van der Waals surface area (Å²) < 4.78 is 0.652. The molecule has 0 radical (unpaired) electrons. The monoisotopic (exact) mass is 315 g/mol. The number of nitrogens with one attached hydrogen (secondary N) is 1. The van der Waals surface area contributed by atoms with Gasteiger partial charge in [0.2, 0.25) is 0 Å². The van der Waals surface area contributed by atoms with E-state index in [1.165, 1.54) is 4.80 Å². The number of rotatable bonds is 2. The van der Waals surface area contributed by atoms with Crippen LogP contribution >= 0.6 is 27.5 Å². The van der Waals surface area contributed by atoms with Crippen LogP contribution in [0.2, 0.25) is 5.02 Å². The fourth-order valence-electron chi connectivity index (χ4n) is 1.15. The summed E-state index contributed by atoms with van der Waals surface area (Å²) in [6.45, 7) is 0. The Morgan fingerprint density at radius 3 is 2.88 bits per heavy atom. The van der Waals surface area contributed by atoms with Crippen LogP contribution in [0.15, 0.2) is 22.7 Å². The van der Waals surface area contributed by atoms with Crippen LogP contribution in [0, 0.1) is 0 Å². The molecule has 1 amide bonds. The van der Waals surface area contributed by atoms with Crippen LogP contribution in [-0.2, 0) is 7.05 Å². The van der Waals surface area contributed by atoms with Crippen LogP contribution in [0.3, 0.4) is 0 Å². The summed E-state index contributed by atoms with van der Waals surface area (Å²) in [5.41, 5.74) is 0.453. The number of amides is 1. The zero-order valence-electron chi connectivity index (χ0n) is 8.69. The molecule has 0 spiro atoms. The number of hydrogen-bond donors (Lipinski definition) is 1. The lowest BCUT2D eigenvalue weighted by molar-refractivity contribution is 0.102. The van der Waals surface area contributed by atoms with Crippen LogP contribution in [0.4, 0.5) is 5.95 Å². The topological polar surface area (TPSA) is 72.7 Å². The highest BCUT2D eigenvalue weighted by Gasteiger charge is 2.10. The van der Waals surface area contributed by atoms with Gasteiger partial charge in [-0.25, -0.2) is 0 Å². The number of anilines is 1. The van der Waals surface area contributed by atoms with E-state index in [4.69, 9.17) is 11.6 Å². The van der Waals surface area contributed by atoms with Crippen molar-refractivity contribution in [2.45, 2.75) is 0 Å². The Hall–Kier alpha value is -1.47. The predicted molar refractivity (Wildman–Crippen MR) is 65.9 cm³/mol. The van der Waals surface area contributed by atoms with E-state index in [-0.39, 0.29) is 11.9 Å². The second-order valence-corrected chi connectivity index (χ2v) is 4.45. The van der Waals surface area contributed by atoms with Crippen LogP contribution < -0.4 is 5.32 Å². The SMILES string of the molecule is Cn1nnc(NC(=O)c2ccc(Cl)c(Br)c2)n1. The largest absolute Gasteiger partial charge is 0.288 e. The minimum absolute atomic E-state index is 0.156. The number of halogens is 2. The summed E-state index contributed by atoms with van der Waals surface area (Å²) in [6, 6.07) is 4.86. The van der Waals surface area contributed by atoms with Gasteiger partial charge in [-0.3, -0.25) is 10.1 Å². The van der Waals surface area contributed by atoms with Gasteiger partial charge in [0, 0.05) is 10.0 Å². The lowest BCUT2D eigenvalue weighted by atomic mass is 10.2. The minimum Gasteiger partial charge on any atom is -0.288 e. The van der Waals surface area contributed by atoms with Crippen LogP contribution in [0.1, 0.15) is 10.4 Å². The molecule has 88 valence electrons. The smallest absolute Gasteiger partial charge is 0.270 e. The average Bonchev–Trinajstić information content (AvgIpc) is 2.68. The zero-order valence-corrected chi connectivity index (χ0v) is 11.0. The number of nitrogens with zero attached hydrogens (tertiary/aromatic N) is 4. The van der Waals surface area contributed by atoms with Gasteiger partial charge in [0.25, 0.3) is 11.9 Å². The van der Waals surface area contributed by atoms with E-state index in [9.17, 15) is 4.79 Å². The number of benzene rings is 1. The van der Waals surface area contributed by atoms with Crippen molar-refractivity contribution < 1.29 is 4.79 Å². The van der Waals surface area contributed by atoms with E-state index in [2.05, 4.69) is 36.7 Å². The highest BCUT2D eigenvalue weighted by Crippen LogP contribution is 2.23. The van der Waals surface area contributed by atoms with Gasteiger partial charge in [-0.05, 0) is 39.3 Å². The van der Waals surface area contributed by atoms with Gasteiger partial charge in [-0.2, -0.15) is 4.80 Å². The van der Waals surface area contributed by atoms with Gasteiger partial charge in [0.1, 0.15) is 0 Å². The second-order valence-electron chi connectivity index (χ2n) is 3.19. The molecule has 0 bridgehead atoms. The first-order valence-electron chi connectivity index (χ1n) is 4.56. The third kappa shape index (κ3) is 2.80. The van der Waals surface area contributed by atoms with Crippen molar-refractivity contribution in [3.8, 4) is 0 Å². The Morgan fingerprint density at radius 1 is 1.53 bits per heavy atom. The number of carbonyl (C=O) groups excluding carboxylic acids is 1. The highest BCUT2D eigenvalue weighted by atomic mass is 79.9. The standard InChI is InChI=1S/C9H7BrClN5O/c1-16-14-9(13-15-16)12-8(17)5-2-3-7(11)6(10)4-5/h2-4H,1H3,(H,12,14,17). The quantitative estimate of drug-likeness (QED) is 0.918. The number of aryl methyl sites for hydroxylation is 1. The summed E-state index contributed by atoms with van der Waals surface area (Å²) in [5, 5.41) is 14.2. The molecule has 2 rings (SSSR count). The lowest BCUT2D eigenvalue weighted by Crippen LogP contribution is -2.13. The van der Waals surface area contributed by atoms with Gasteiger partial charge in [-0.1, -0.05) is 16.7 Å². The van der Waals surface area contributed by atoms with Crippen molar-refractivity contribution in [3.63, 3.8) is 0 Å². The van der Waals surface area contributed by atoms with Gasteiger partial charge >= 0.3 is 0 Å². The van der Waals surface area contributed by atoms with Crippen molar-refractivity contribution in [1.29, 1.82) is 0 Å². The van der Waals surface area contributed by atoms with E-state index in [0.717, 1.165) is 0 Å². The van der Waals surface area contributed by atoms with Crippen LogP contribution in [0.5, 0.6) is 0 Å². The molecule has 0 aliphatic rings. The number of aromatic nitrogens is 4. The first-order valence-corrected chi connectivity index (χ1v) is 5.74. The molecule has 8 heteroatoms. The average molecular weight is 317 g/mol. The molecule has 0 atom stereocenters. The maximum atomic E-state index is 11.8. The summed E-state index contributed by atoms with van der Waals surface area (Å²) in [6.07, 6.45) is 0. The van der Waals surface area contributed by atoms with Gasteiger partial charge in [0.05, 0.1) is 12.1 Å². The third-order valence-electron chi connectivity index (χ3n) is 1.92. The fourth-order valence-corrected chi connectivity index (χ4v) is 1.64. The maximum Gasteiger partial charge on any atom is 0.270 e. The highest BCUT2D eigenvalue weighted by molar-refractivity contribution is 9.10. The molecular weight excluding hydrogens is 309 g/mol. The number of hydrogen-bond acceptors (Lipinski definition) is 4. The van der Waals surface area contributed by atoms with Crippen molar-refractivity contribution in [2.75, 3.05) is 5.32 Å². The Kier molecular flexibility index (Phi) is 3.39. The molecule has 1 N–H and O–H groups in total. The van der Waals surface area contributed by atoms with Gasteiger partial charge in [-0.15, -0.1) is 5.10 Å². The van der Waals surface area contributed by atoms with E-state index < -0.39 is 0 Å². The molecular formula is C9H7BrClN5O. The number of carbonyl (C=O) groups is 1. The molecule has 0 saturated heterocycles. The predicted octanol–water partition coefficient (Wildman–Crippen LogP) is 1.88. The Balaban J connectivity index is 2.17. The van der Waals surface area contributed by atoms with Crippen molar-refractivity contribution in [3.05, 3.63) is 33.3 Å². The second kappa shape index (κ2) is 4.80. The first-order chi connectivity index (χ1) is 8.06. The van der Waals surface area contributed by atoms with Crippen molar-refractivity contribution >= 4 is 39.4 Å². The normalized spacial score (nSPS) is 10.3. The van der Waals surface area contributed by atoms with Gasteiger partial charge in [0.15, 0.2) is 0 Å². The summed E-state index contributed by atoms with van der Waals surface area (Å²) in [4.78, 5) is 13.1. The Bertz CT molecular complexity index is 570. The molecule has 1 heterocycles. The maximum absolute atomic E-state index is 11.8. The summed E-state index contributed by atoms with van der Waals surface area (Å²) in [5.74, 6) is -0.168. The summed E-state index contributed by atoms with van der Waals surface area (Å²) in [7, 11) is 1.61. The molecule has 2 aromatic rings. The van der Waals surface area contributed by atoms with E-state index in [1.54, 1.807) is 25.2 Å². The van der Waals surface area contributed by atoms with E-state index in [1.807, 2.05) is 0 Å². The third-order valence-corrected chi connectivity index (χ3v) is 3.13. The van der Waals surface area contributed by atoms with Crippen LogP contribution in [-0.4, -0.2) is 26.1 Å². The molecule has 0 unspecified atom stereocenters. The zero-order chi connectivity index (χ0) is 12.4. The van der Waals surface area contributed by atoms with Crippen molar-refractivity contribution in [2.24, 2.45) is 7.05 Å². The Labute approximate surface area is 110 Å². The molecule has 0 aliphatic carbocycles. The fraction of sp³-hybridized carbons (Fsp3) is 0.111. The van der Waals surface area contributed by atoms with Crippen molar-refractivity contribution in [1.82, 2.24) is 20.2 Å². The minimum atomic E-state index is -0.324. The van der Waals surface area contributed by atoms with Crippen LogP contribution in [0.25, 0.3) is 0 Å². The molecule has 0 saturated carbocycles. The van der Waals surface area contributed by atoms with E-state index in [0.29, 0.717) is 15.1 Å². The molecule has 17 heavy (non-hydrogen) atoms. The van der Waals surface area contributed by atoms with Gasteiger partial charge < -0.3 is 0 Å². The lowest BCUT2D eigenvalue weighted by Gasteiger charge is -2.02. The molecule has 6 nitrogen and oxygen atoms in total. The molecule has 1 aromatic heterocycles. The molecule has 0 aliphatic heterocycles.